The average molecular weight is 398 g/mol. The van der Waals surface area contributed by atoms with Crippen LogP contribution in [-0.2, 0) is 14.3 Å². The number of Topliss-reactive ketones (excluding diaryl/α,β-unsaturated/α-hetero) is 1. The van der Waals surface area contributed by atoms with Crippen LogP contribution in [0.2, 0.25) is 0 Å². The number of hydrogen-bond acceptors (Lipinski definition) is 4. The van der Waals surface area contributed by atoms with E-state index in [0.717, 1.165) is 6.42 Å². The van der Waals surface area contributed by atoms with Crippen molar-refractivity contribution >= 4 is 5.78 Å². The Balaban J connectivity index is 2.51. The van der Waals surface area contributed by atoms with E-state index in [1.165, 1.54) is 44.9 Å². The lowest BCUT2D eigenvalue weighted by atomic mass is 9.80. The van der Waals surface area contributed by atoms with E-state index < -0.39 is 5.54 Å². The molecule has 0 saturated heterocycles. The molecular weight excluding hydrogens is 350 g/mol. The molecule has 1 rings (SSSR count). The molecule has 0 spiro atoms. The number of hydrogen-bond donors (Lipinski definition) is 1. The maximum Gasteiger partial charge on any atom is 0.134 e. The predicted octanol–water partition coefficient (Wildman–Crippen LogP) is 5.80. The molecule has 0 bridgehead atoms. The second-order valence-electron chi connectivity index (χ2n) is 10.6. The van der Waals surface area contributed by atoms with Crippen molar-refractivity contribution in [1.29, 1.82) is 0 Å². The number of methoxy groups -OCH3 is 1. The summed E-state index contributed by atoms with van der Waals surface area (Å²) in [4.78, 5) is 12.4. The van der Waals surface area contributed by atoms with Gasteiger partial charge in [-0.1, -0.05) is 32.1 Å². The molecule has 0 aromatic heterocycles. The zero-order chi connectivity index (χ0) is 21.4. The monoisotopic (exact) mass is 397 g/mol. The highest BCUT2D eigenvalue weighted by atomic mass is 16.5. The van der Waals surface area contributed by atoms with Crippen LogP contribution in [0.3, 0.4) is 0 Å². The molecule has 0 amide bonds. The molecule has 1 fully saturated rings. The number of nitrogens with two attached hydrogens (primary N) is 1. The zero-order valence-corrected chi connectivity index (χ0v) is 19.7. The van der Waals surface area contributed by atoms with E-state index in [1.807, 2.05) is 20.8 Å². The van der Waals surface area contributed by atoms with Crippen LogP contribution in [0.4, 0.5) is 0 Å². The Hall–Kier alpha value is -0.450. The highest BCUT2D eigenvalue weighted by Gasteiger charge is 2.34. The summed E-state index contributed by atoms with van der Waals surface area (Å²) in [6, 6.07) is 0. The van der Waals surface area contributed by atoms with E-state index in [0.29, 0.717) is 25.2 Å². The maximum absolute atomic E-state index is 12.4. The zero-order valence-electron chi connectivity index (χ0n) is 19.7. The fourth-order valence-electron chi connectivity index (χ4n) is 4.62. The van der Waals surface area contributed by atoms with Crippen LogP contribution in [-0.4, -0.2) is 35.7 Å². The third-order valence-corrected chi connectivity index (χ3v) is 6.51. The van der Waals surface area contributed by atoms with Crippen molar-refractivity contribution in [2.45, 2.75) is 135 Å². The number of rotatable bonds is 11. The van der Waals surface area contributed by atoms with E-state index >= 15 is 0 Å². The fraction of sp³-hybridized carbons (Fsp3) is 0.958. The molecule has 2 atom stereocenters. The topological polar surface area (TPSA) is 61.5 Å². The molecule has 4 nitrogen and oxygen atoms in total. The van der Waals surface area contributed by atoms with Gasteiger partial charge in [0, 0.05) is 25.5 Å². The fourth-order valence-corrected chi connectivity index (χ4v) is 4.62. The first-order chi connectivity index (χ1) is 12.9. The Kier molecular flexibility index (Phi) is 10.1. The molecule has 1 saturated carbocycles. The van der Waals surface area contributed by atoms with E-state index in [-0.39, 0.29) is 23.1 Å². The van der Waals surface area contributed by atoms with Crippen LogP contribution in [0, 0.1) is 5.92 Å². The minimum Gasteiger partial charge on any atom is -0.379 e. The lowest BCUT2D eigenvalue weighted by molar-refractivity contribution is -0.124. The van der Waals surface area contributed by atoms with Gasteiger partial charge in [-0.25, -0.2) is 0 Å². The Morgan fingerprint density at radius 3 is 2.11 bits per heavy atom. The molecule has 1 aliphatic rings. The lowest BCUT2D eigenvalue weighted by Gasteiger charge is -2.39. The maximum atomic E-state index is 12.4. The lowest BCUT2D eigenvalue weighted by Crippen LogP contribution is -2.45. The van der Waals surface area contributed by atoms with Gasteiger partial charge in [0.25, 0.3) is 0 Å². The first-order valence-corrected chi connectivity index (χ1v) is 11.4. The molecule has 4 heteroatoms. The molecule has 0 aliphatic heterocycles. The Bertz CT molecular complexity index is 462. The normalized spacial score (nSPS) is 20.9. The molecule has 0 aromatic rings. The van der Waals surface area contributed by atoms with Crippen molar-refractivity contribution in [3.8, 4) is 0 Å². The summed E-state index contributed by atoms with van der Waals surface area (Å²) in [6.45, 7) is 12.6. The third kappa shape index (κ3) is 9.84. The van der Waals surface area contributed by atoms with E-state index in [4.69, 9.17) is 15.2 Å². The van der Waals surface area contributed by atoms with Crippen molar-refractivity contribution < 1.29 is 14.3 Å². The average Bonchev–Trinajstić information content (AvgIpc) is 2.50. The quantitative estimate of drug-likeness (QED) is 0.478. The summed E-state index contributed by atoms with van der Waals surface area (Å²) >= 11 is 0. The Morgan fingerprint density at radius 2 is 1.57 bits per heavy atom. The van der Waals surface area contributed by atoms with Crippen LogP contribution in [0.15, 0.2) is 0 Å². The van der Waals surface area contributed by atoms with Gasteiger partial charge in [0.1, 0.15) is 5.78 Å². The summed E-state index contributed by atoms with van der Waals surface area (Å²) in [7, 11) is 1.69. The summed E-state index contributed by atoms with van der Waals surface area (Å²) < 4.78 is 11.9. The van der Waals surface area contributed by atoms with E-state index in [9.17, 15) is 4.79 Å². The van der Waals surface area contributed by atoms with E-state index in [2.05, 4.69) is 20.8 Å². The van der Waals surface area contributed by atoms with Crippen LogP contribution in [0.1, 0.15) is 112 Å². The SMILES string of the molecule is COC(C)(C)CCC(=O)CC(C)(N)CC(C)OC(C)(C)C1CCCCCCC1. The van der Waals surface area contributed by atoms with Gasteiger partial charge in [0.05, 0.1) is 17.3 Å². The molecule has 166 valence electrons. The van der Waals surface area contributed by atoms with Gasteiger partial charge in [-0.15, -0.1) is 0 Å². The van der Waals surface area contributed by atoms with Crippen molar-refractivity contribution in [3.05, 3.63) is 0 Å². The van der Waals surface area contributed by atoms with E-state index in [1.54, 1.807) is 7.11 Å². The first-order valence-electron chi connectivity index (χ1n) is 11.4. The number of ether oxygens (including phenoxy) is 2. The van der Waals surface area contributed by atoms with Crippen LogP contribution >= 0.6 is 0 Å². The molecule has 0 aromatic carbocycles. The van der Waals surface area contributed by atoms with Gasteiger partial charge in [-0.3, -0.25) is 4.79 Å². The smallest absolute Gasteiger partial charge is 0.134 e. The number of ketones is 1. The minimum absolute atomic E-state index is 0.0404. The molecule has 2 N–H and O–H groups in total. The van der Waals surface area contributed by atoms with Crippen LogP contribution in [0.5, 0.6) is 0 Å². The van der Waals surface area contributed by atoms with Crippen LogP contribution < -0.4 is 5.73 Å². The minimum atomic E-state index is -0.537. The van der Waals surface area contributed by atoms with Crippen molar-refractivity contribution in [3.63, 3.8) is 0 Å². The van der Waals surface area contributed by atoms with Gasteiger partial charge in [0.15, 0.2) is 0 Å². The van der Waals surface area contributed by atoms with Gasteiger partial charge < -0.3 is 15.2 Å². The summed E-state index contributed by atoms with van der Waals surface area (Å²) in [5.74, 6) is 0.818. The molecular formula is C24H47NO3. The van der Waals surface area contributed by atoms with Gasteiger partial charge in [-0.2, -0.15) is 0 Å². The Labute approximate surface area is 174 Å². The van der Waals surface area contributed by atoms with Gasteiger partial charge >= 0.3 is 0 Å². The summed E-state index contributed by atoms with van der Waals surface area (Å²) in [5, 5.41) is 0. The van der Waals surface area contributed by atoms with Crippen molar-refractivity contribution in [2.24, 2.45) is 11.7 Å². The molecule has 2 unspecified atom stereocenters. The van der Waals surface area contributed by atoms with Crippen molar-refractivity contribution in [1.82, 2.24) is 0 Å². The number of carbonyl (C=O) groups excluding carboxylic acids is 1. The molecule has 0 radical (unpaired) electrons. The van der Waals surface area contributed by atoms with Crippen molar-refractivity contribution in [2.75, 3.05) is 7.11 Å². The second kappa shape index (κ2) is 11.1. The predicted molar refractivity (Wildman–Crippen MR) is 118 cm³/mol. The highest BCUT2D eigenvalue weighted by Crippen LogP contribution is 2.35. The molecule has 28 heavy (non-hydrogen) atoms. The molecule has 1 aliphatic carbocycles. The third-order valence-electron chi connectivity index (χ3n) is 6.51. The second-order valence-corrected chi connectivity index (χ2v) is 10.6. The number of carbonyl (C=O) groups is 1. The molecule has 0 heterocycles. The summed E-state index contributed by atoms with van der Waals surface area (Å²) in [6.07, 6.45) is 11.6. The largest absolute Gasteiger partial charge is 0.379 e. The van der Waals surface area contributed by atoms with Crippen LogP contribution in [0.25, 0.3) is 0 Å². The van der Waals surface area contributed by atoms with Gasteiger partial charge in [0.2, 0.25) is 0 Å². The van der Waals surface area contributed by atoms with Gasteiger partial charge in [-0.05, 0) is 73.1 Å². The summed E-state index contributed by atoms with van der Waals surface area (Å²) in [5.41, 5.74) is 5.56. The standard InChI is InChI=1S/C24H47NO3/c1-19(28-23(4,5)20-13-11-9-8-10-12-14-20)17-24(6,25)18-21(26)15-16-22(2,3)27-7/h19-20H,8-18,25H2,1-7H3. The highest BCUT2D eigenvalue weighted by molar-refractivity contribution is 5.79. The Morgan fingerprint density at radius 1 is 1.04 bits per heavy atom. The first kappa shape index (κ1) is 25.6.